The highest BCUT2D eigenvalue weighted by Crippen LogP contribution is 2.24. The molecule has 3 aromatic rings. The molecule has 0 bridgehead atoms. The highest BCUT2D eigenvalue weighted by Gasteiger charge is 2.19. The topological polar surface area (TPSA) is 65.5 Å². The molecule has 0 spiro atoms. The number of benzene rings is 1. The molecule has 1 unspecified atom stereocenters. The molecule has 0 radical (unpaired) electrons. The fourth-order valence-electron chi connectivity index (χ4n) is 3.51. The number of hydrogen-bond acceptors (Lipinski definition) is 6. The van der Waals surface area contributed by atoms with Crippen LogP contribution in [-0.4, -0.2) is 42.6 Å². The van der Waals surface area contributed by atoms with Gasteiger partial charge >= 0.3 is 0 Å². The summed E-state index contributed by atoms with van der Waals surface area (Å²) in [5.41, 5.74) is 3.60. The van der Waals surface area contributed by atoms with Crippen LogP contribution in [0.25, 0.3) is 22.3 Å². The zero-order valence-corrected chi connectivity index (χ0v) is 17.6. The molecule has 1 aliphatic heterocycles. The van der Waals surface area contributed by atoms with Crippen LogP contribution in [0.4, 0.5) is 5.69 Å². The first-order valence-electron chi connectivity index (χ1n) is 10.7. The van der Waals surface area contributed by atoms with Crippen molar-refractivity contribution in [2.75, 3.05) is 25.6 Å². The molecule has 1 N–H and O–H groups in total. The molecular weight excluding hydrogens is 378 g/mol. The zero-order valence-electron chi connectivity index (χ0n) is 17.6. The maximum absolute atomic E-state index is 6.06. The number of rotatable bonds is 8. The number of pyridine rings is 2. The molecule has 3 heterocycles. The highest BCUT2D eigenvalue weighted by molar-refractivity contribution is 5.82. The van der Waals surface area contributed by atoms with Crippen molar-refractivity contribution in [3.05, 3.63) is 48.7 Å². The van der Waals surface area contributed by atoms with Crippen LogP contribution in [0.5, 0.6) is 5.75 Å². The van der Waals surface area contributed by atoms with Crippen molar-refractivity contribution < 1.29 is 14.2 Å². The van der Waals surface area contributed by atoms with Crippen LogP contribution in [0.1, 0.15) is 32.6 Å². The monoisotopic (exact) mass is 407 g/mol. The lowest BCUT2D eigenvalue weighted by atomic mass is 10.1. The van der Waals surface area contributed by atoms with Crippen molar-refractivity contribution in [2.24, 2.45) is 0 Å². The largest absolute Gasteiger partial charge is 0.491 e. The van der Waals surface area contributed by atoms with E-state index in [1.54, 1.807) is 0 Å². The molecule has 0 amide bonds. The summed E-state index contributed by atoms with van der Waals surface area (Å²) in [4.78, 5) is 9.23. The summed E-state index contributed by atoms with van der Waals surface area (Å²) >= 11 is 0. The minimum atomic E-state index is -0.0951. The lowest BCUT2D eigenvalue weighted by Gasteiger charge is -2.27. The Hall–Kier alpha value is -2.70. The molecule has 2 aromatic heterocycles. The number of nitrogens with one attached hydrogen (secondary N) is 1. The number of fused-ring (bicyclic) bond motifs is 1. The Morgan fingerprint density at radius 2 is 2.03 bits per heavy atom. The molecule has 6 nitrogen and oxygen atoms in total. The number of hydrogen-bond donors (Lipinski definition) is 1. The van der Waals surface area contributed by atoms with Gasteiger partial charge in [-0.1, -0.05) is 13.0 Å². The van der Waals surface area contributed by atoms with Crippen LogP contribution in [0.2, 0.25) is 0 Å². The fraction of sp³-hybridized carbons (Fsp3) is 0.417. The minimum Gasteiger partial charge on any atom is -0.491 e. The summed E-state index contributed by atoms with van der Waals surface area (Å²) in [6.07, 6.45) is 5.87. The number of aromatic nitrogens is 2. The Morgan fingerprint density at radius 1 is 1.13 bits per heavy atom. The summed E-state index contributed by atoms with van der Waals surface area (Å²) < 4.78 is 17.8. The molecule has 4 rings (SSSR count). The lowest BCUT2D eigenvalue weighted by Crippen LogP contribution is -2.31. The van der Waals surface area contributed by atoms with Gasteiger partial charge in [-0.25, -0.2) is 4.98 Å². The molecule has 1 fully saturated rings. The summed E-state index contributed by atoms with van der Waals surface area (Å²) in [5.74, 6) is 0.820. The average Bonchev–Trinajstić information content (AvgIpc) is 2.82. The normalized spacial score (nSPS) is 17.6. The number of anilines is 1. The average molecular weight is 408 g/mol. The molecule has 1 aromatic carbocycles. The van der Waals surface area contributed by atoms with Crippen molar-refractivity contribution in [1.82, 2.24) is 9.97 Å². The first kappa shape index (κ1) is 20.6. The van der Waals surface area contributed by atoms with Gasteiger partial charge in [-0.05, 0) is 62.1 Å². The molecule has 1 saturated heterocycles. The van der Waals surface area contributed by atoms with E-state index in [9.17, 15) is 0 Å². The molecule has 30 heavy (non-hydrogen) atoms. The van der Waals surface area contributed by atoms with Crippen LogP contribution < -0.4 is 10.1 Å². The van der Waals surface area contributed by atoms with Crippen LogP contribution in [0.3, 0.4) is 0 Å². The molecule has 1 aliphatic rings. The van der Waals surface area contributed by atoms with E-state index in [0.717, 1.165) is 66.0 Å². The fourth-order valence-corrected chi connectivity index (χ4v) is 3.51. The van der Waals surface area contributed by atoms with Crippen LogP contribution >= 0.6 is 0 Å². The molecule has 2 atom stereocenters. The van der Waals surface area contributed by atoms with Crippen LogP contribution in [0.15, 0.2) is 48.7 Å². The SMILES string of the molecule is CC[C@H](COc1ccc2nc(-c3ccc(NC)cn3)ccc2c1)OC1CCCCO1. The van der Waals surface area contributed by atoms with Gasteiger partial charge < -0.3 is 19.5 Å². The summed E-state index contributed by atoms with van der Waals surface area (Å²) in [5, 5.41) is 4.11. The Balaban J connectivity index is 1.41. The van der Waals surface area contributed by atoms with E-state index in [1.807, 2.05) is 49.6 Å². The predicted molar refractivity (Wildman–Crippen MR) is 119 cm³/mol. The van der Waals surface area contributed by atoms with Gasteiger partial charge in [0.05, 0.1) is 34.9 Å². The van der Waals surface area contributed by atoms with E-state index in [2.05, 4.69) is 23.3 Å². The second-order valence-corrected chi connectivity index (χ2v) is 7.51. The first-order valence-corrected chi connectivity index (χ1v) is 10.7. The molecule has 0 aliphatic carbocycles. The van der Waals surface area contributed by atoms with E-state index >= 15 is 0 Å². The van der Waals surface area contributed by atoms with E-state index in [-0.39, 0.29) is 12.4 Å². The van der Waals surface area contributed by atoms with E-state index < -0.39 is 0 Å². The second kappa shape index (κ2) is 9.87. The third-order valence-corrected chi connectivity index (χ3v) is 5.35. The Labute approximate surface area is 177 Å². The number of ether oxygens (including phenoxy) is 3. The van der Waals surface area contributed by atoms with Gasteiger partial charge in [0.25, 0.3) is 0 Å². The maximum atomic E-state index is 6.06. The summed E-state index contributed by atoms with van der Waals surface area (Å²) in [7, 11) is 1.88. The third-order valence-electron chi connectivity index (χ3n) is 5.35. The molecule has 0 saturated carbocycles. The minimum absolute atomic E-state index is 0.0240. The lowest BCUT2D eigenvalue weighted by molar-refractivity contribution is -0.193. The van der Waals surface area contributed by atoms with E-state index in [4.69, 9.17) is 19.2 Å². The van der Waals surface area contributed by atoms with Gasteiger partial charge in [-0.2, -0.15) is 0 Å². The second-order valence-electron chi connectivity index (χ2n) is 7.51. The predicted octanol–water partition coefficient (Wildman–Crippen LogP) is 5.04. The molecule has 6 heteroatoms. The Morgan fingerprint density at radius 3 is 2.77 bits per heavy atom. The molecular formula is C24H29N3O3. The van der Waals surface area contributed by atoms with Gasteiger partial charge in [0.1, 0.15) is 12.4 Å². The molecule has 158 valence electrons. The van der Waals surface area contributed by atoms with Crippen LogP contribution in [0, 0.1) is 0 Å². The van der Waals surface area contributed by atoms with E-state index in [1.165, 1.54) is 0 Å². The van der Waals surface area contributed by atoms with E-state index in [0.29, 0.717) is 6.61 Å². The van der Waals surface area contributed by atoms with Gasteiger partial charge in [0, 0.05) is 19.0 Å². The van der Waals surface area contributed by atoms with Crippen molar-refractivity contribution in [3.8, 4) is 17.1 Å². The van der Waals surface area contributed by atoms with Crippen molar-refractivity contribution in [1.29, 1.82) is 0 Å². The van der Waals surface area contributed by atoms with Crippen molar-refractivity contribution in [3.63, 3.8) is 0 Å². The number of nitrogens with zero attached hydrogens (tertiary/aromatic N) is 2. The highest BCUT2D eigenvalue weighted by atomic mass is 16.7. The van der Waals surface area contributed by atoms with Gasteiger partial charge in [-0.15, -0.1) is 0 Å². The van der Waals surface area contributed by atoms with Crippen LogP contribution in [-0.2, 0) is 9.47 Å². The maximum Gasteiger partial charge on any atom is 0.158 e. The van der Waals surface area contributed by atoms with Gasteiger partial charge in [0.15, 0.2) is 6.29 Å². The summed E-state index contributed by atoms with van der Waals surface area (Å²) in [6, 6.07) is 14.0. The Kier molecular flexibility index (Phi) is 6.77. The Bertz CT molecular complexity index is 956. The van der Waals surface area contributed by atoms with Crippen molar-refractivity contribution in [2.45, 2.75) is 45.0 Å². The zero-order chi connectivity index (χ0) is 20.8. The third kappa shape index (κ3) is 5.07. The van der Waals surface area contributed by atoms with Crippen molar-refractivity contribution >= 4 is 16.6 Å². The summed E-state index contributed by atoms with van der Waals surface area (Å²) in [6.45, 7) is 3.41. The quantitative estimate of drug-likeness (QED) is 0.564. The smallest absolute Gasteiger partial charge is 0.158 e. The van der Waals surface area contributed by atoms with Gasteiger partial charge in [-0.3, -0.25) is 4.98 Å². The van der Waals surface area contributed by atoms with Gasteiger partial charge in [0.2, 0.25) is 0 Å². The standard InChI is InChI=1S/C24H29N3O3/c1-3-19(30-24-6-4-5-13-28-24)16-29-20-9-12-21-17(14-20)7-10-23(27-21)22-11-8-18(25-2)15-26-22/h7-12,14-15,19,24-25H,3-6,13,16H2,1-2H3/t19-,24?/m1/s1. The first-order chi connectivity index (χ1) is 14.7.